The van der Waals surface area contributed by atoms with Crippen molar-refractivity contribution in [1.82, 2.24) is 5.32 Å². The van der Waals surface area contributed by atoms with Crippen LogP contribution in [0.25, 0.3) is 0 Å². The van der Waals surface area contributed by atoms with Crippen LogP contribution in [0.1, 0.15) is 51.0 Å². The summed E-state index contributed by atoms with van der Waals surface area (Å²) in [5.41, 5.74) is 0.553. The van der Waals surface area contributed by atoms with Gasteiger partial charge in [-0.2, -0.15) is 13.2 Å². The fraction of sp³-hybridized carbons (Fsp3) is 0.636. The minimum absolute atomic E-state index is 0.0156. The molecule has 0 saturated heterocycles. The molecule has 2 aliphatic rings. The fourth-order valence-corrected chi connectivity index (χ4v) is 4.33. The van der Waals surface area contributed by atoms with Crippen molar-refractivity contribution in [3.8, 4) is 0 Å². The summed E-state index contributed by atoms with van der Waals surface area (Å²) in [6.07, 6.45) is 0.0241. The maximum Gasteiger partial charge on any atom is 0.405 e. The summed E-state index contributed by atoms with van der Waals surface area (Å²) in [7, 11) is 1.56. The van der Waals surface area contributed by atoms with E-state index in [9.17, 15) is 27.2 Å². The molecule has 0 aromatic heterocycles. The van der Waals surface area contributed by atoms with E-state index in [0.29, 0.717) is 23.4 Å². The largest absolute Gasteiger partial charge is 0.405 e. The average molecular weight is 443 g/mol. The molecule has 2 amide bonds. The van der Waals surface area contributed by atoms with Crippen LogP contribution in [-0.4, -0.2) is 31.6 Å². The zero-order valence-corrected chi connectivity index (χ0v) is 17.9. The molecule has 0 aliphatic heterocycles. The van der Waals surface area contributed by atoms with Crippen LogP contribution in [0.4, 0.5) is 28.9 Å². The van der Waals surface area contributed by atoms with Crippen molar-refractivity contribution in [1.29, 1.82) is 0 Å². The van der Waals surface area contributed by atoms with Gasteiger partial charge in [0.05, 0.1) is 11.6 Å². The molecule has 172 valence electrons. The highest BCUT2D eigenvalue weighted by atomic mass is 19.4. The first kappa shape index (κ1) is 23.3. The van der Waals surface area contributed by atoms with E-state index < -0.39 is 30.4 Å². The Bertz CT molecular complexity index is 823. The Balaban J connectivity index is 1.72. The van der Waals surface area contributed by atoms with Gasteiger partial charge in [0.2, 0.25) is 11.8 Å². The first-order chi connectivity index (χ1) is 14.5. The molecular weight excluding hydrogens is 414 g/mol. The molecule has 0 heterocycles. The van der Waals surface area contributed by atoms with E-state index in [1.54, 1.807) is 7.05 Å². The third-order valence-corrected chi connectivity index (χ3v) is 6.31. The molecule has 2 fully saturated rings. The summed E-state index contributed by atoms with van der Waals surface area (Å²) in [4.78, 5) is 24.9. The maximum atomic E-state index is 14.8. The van der Waals surface area contributed by atoms with Gasteiger partial charge in [-0.1, -0.05) is 6.92 Å². The summed E-state index contributed by atoms with van der Waals surface area (Å²) in [6.45, 7) is 1.83. The molecule has 2 saturated carbocycles. The zero-order valence-electron chi connectivity index (χ0n) is 17.9. The van der Waals surface area contributed by atoms with E-state index in [4.69, 9.17) is 0 Å². The lowest BCUT2D eigenvalue weighted by molar-refractivity contribution is -0.139. The van der Waals surface area contributed by atoms with Crippen LogP contribution in [0.3, 0.4) is 0 Å². The Labute approximate surface area is 179 Å². The Morgan fingerprint density at radius 2 is 1.61 bits per heavy atom. The SMILES string of the molecule is CNc1cc(NC(=O)[C@@H](C)C(C2CC2)C2CC2)c(F)cc1C(C)C(=O)NCC(F)(F)F. The third-order valence-electron chi connectivity index (χ3n) is 6.31. The highest BCUT2D eigenvalue weighted by molar-refractivity contribution is 5.94. The molecule has 5 nitrogen and oxygen atoms in total. The van der Waals surface area contributed by atoms with Gasteiger partial charge in [-0.25, -0.2) is 4.39 Å². The monoisotopic (exact) mass is 443 g/mol. The molecule has 31 heavy (non-hydrogen) atoms. The van der Waals surface area contributed by atoms with Crippen LogP contribution in [0.2, 0.25) is 0 Å². The van der Waals surface area contributed by atoms with Crippen LogP contribution in [0.15, 0.2) is 12.1 Å². The molecule has 1 aromatic carbocycles. The number of hydrogen-bond acceptors (Lipinski definition) is 3. The predicted molar refractivity (Wildman–Crippen MR) is 110 cm³/mol. The van der Waals surface area contributed by atoms with Crippen molar-refractivity contribution < 1.29 is 27.2 Å². The first-order valence-electron chi connectivity index (χ1n) is 10.7. The number of nitrogens with one attached hydrogen (secondary N) is 3. The number of halogens is 4. The molecular formula is C22H29F4N3O2. The average Bonchev–Trinajstić information content (AvgIpc) is 3.61. The van der Waals surface area contributed by atoms with Crippen LogP contribution in [-0.2, 0) is 9.59 Å². The van der Waals surface area contributed by atoms with Gasteiger partial charge in [0.25, 0.3) is 0 Å². The summed E-state index contributed by atoms with van der Waals surface area (Å²) in [6, 6.07) is 2.47. The molecule has 3 N–H and O–H groups in total. The van der Waals surface area contributed by atoms with Crippen LogP contribution in [0, 0.1) is 29.5 Å². The highest BCUT2D eigenvalue weighted by Crippen LogP contribution is 2.52. The number of anilines is 2. The Kier molecular flexibility index (Phi) is 6.81. The quantitative estimate of drug-likeness (QED) is 0.486. The van der Waals surface area contributed by atoms with Crippen LogP contribution in [0.5, 0.6) is 0 Å². The second kappa shape index (κ2) is 9.04. The second-order valence-corrected chi connectivity index (χ2v) is 8.75. The van der Waals surface area contributed by atoms with E-state index in [1.807, 2.05) is 12.2 Å². The molecule has 9 heteroatoms. The molecule has 0 spiro atoms. The van der Waals surface area contributed by atoms with E-state index in [-0.39, 0.29) is 23.1 Å². The van der Waals surface area contributed by atoms with Crippen LogP contribution >= 0.6 is 0 Å². The predicted octanol–water partition coefficient (Wildman–Crippen LogP) is 4.66. The van der Waals surface area contributed by atoms with Gasteiger partial charge in [0.15, 0.2) is 0 Å². The van der Waals surface area contributed by atoms with Crippen molar-refractivity contribution in [2.24, 2.45) is 23.7 Å². The minimum Gasteiger partial charge on any atom is -0.388 e. The van der Waals surface area contributed by atoms with Crippen LogP contribution < -0.4 is 16.0 Å². The molecule has 0 bridgehead atoms. The number of rotatable bonds is 9. The van der Waals surface area contributed by atoms with Crippen molar-refractivity contribution >= 4 is 23.2 Å². The molecule has 2 aliphatic carbocycles. The zero-order chi connectivity index (χ0) is 22.9. The van der Waals surface area contributed by atoms with Crippen molar-refractivity contribution in [3.05, 3.63) is 23.5 Å². The van der Waals surface area contributed by atoms with Gasteiger partial charge in [0.1, 0.15) is 12.4 Å². The van der Waals surface area contributed by atoms with Gasteiger partial charge in [0, 0.05) is 18.7 Å². The smallest absolute Gasteiger partial charge is 0.388 e. The number of alkyl halides is 3. The summed E-state index contributed by atoms with van der Waals surface area (Å²) in [5, 5.41) is 7.32. The van der Waals surface area contributed by atoms with Gasteiger partial charge < -0.3 is 16.0 Å². The topological polar surface area (TPSA) is 70.2 Å². The highest BCUT2D eigenvalue weighted by Gasteiger charge is 2.46. The van der Waals surface area contributed by atoms with Gasteiger partial charge >= 0.3 is 6.18 Å². The number of hydrogen-bond donors (Lipinski definition) is 3. The minimum atomic E-state index is -4.53. The molecule has 0 radical (unpaired) electrons. The summed E-state index contributed by atoms with van der Waals surface area (Å²) < 4.78 is 51.9. The van der Waals surface area contributed by atoms with E-state index >= 15 is 0 Å². The third kappa shape index (κ3) is 5.89. The number of amides is 2. The van der Waals surface area contributed by atoms with E-state index in [2.05, 4.69) is 10.6 Å². The maximum absolute atomic E-state index is 14.8. The molecule has 1 aromatic rings. The van der Waals surface area contributed by atoms with Gasteiger partial charge in [-0.05, 0) is 68.1 Å². The summed E-state index contributed by atoms with van der Waals surface area (Å²) in [5.74, 6) is -1.62. The normalized spacial score (nSPS) is 18.5. The van der Waals surface area contributed by atoms with Crippen molar-refractivity contribution in [2.45, 2.75) is 51.6 Å². The number of benzene rings is 1. The van der Waals surface area contributed by atoms with Gasteiger partial charge in [-0.3, -0.25) is 9.59 Å². The van der Waals surface area contributed by atoms with Gasteiger partial charge in [-0.15, -0.1) is 0 Å². The van der Waals surface area contributed by atoms with Crippen molar-refractivity contribution in [3.63, 3.8) is 0 Å². The first-order valence-corrected chi connectivity index (χ1v) is 10.7. The number of carbonyl (C=O) groups excluding carboxylic acids is 2. The fourth-order valence-electron chi connectivity index (χ4n) is 4.33. The number of carbonyl (C=O) groups is 2. The van der Waals surface area contributed by atoms with Crippen molar-refractivity contribution in [2.75, 3.05) is 24.2 Å². The molecule has 3 rings (SSSR count). The lowest BCUT2D eigenvalue weighted by Crippen LogP contribution is -2.36. The lowest BCUT2D eigenvalue weighted by atomic mass is 9.84. The second-order valence-electron chi connectivity index (χ2n) is 8.75. The standard InChI is InChI=1S/C22H29F4N3O2/c1-11(20(30)28-10-22(24,25)26)15-8-16(23)18(9-17(15)27-3)29-21(31)12(2)19(13-4-5-13)14-6-7-14/h8-9,11-14,19,27H,4-7,10H2,1-3H3,(H,28,30)(H,29,31)/t11?,12-/m0/s1. The Morgan fingerprint density at radius 1 is 1.03 bits per heavy atom. The molecule has 2 atom stereocenters. The lowest BCUT2D eigenvalue weighted by Gasteiger charge is -2.24. The van der Waals surface area contributed by atoms with E-state index in [0.717, 1.165) is 31.7 Å². The molecule has 1 unspecified atom stereocenters. The Morgan fingerprint density at radius 3 is 2.10 bits per heavy atom. The Hall–Kier alpha value is -2.32. The summed E-state index contributed by atoms with van der Waals surface area (Å²) >= 11 is 0. The van der Waals surface area contributed by atoms with E-state index in [1.165, 1.54) is 13.0 Å².